The van der Waals surface area contributed by atoms with E-state index >= 15 is 0 Å². The van der Waals surface area contributed by atoms with Crippen molar-refractivity contribution in [1.82, 2.24) is 5.32 Å². The molecule has 1 aliphatic rings. The molecular formula is C13H21N3O3S2. The van der Waals surface area contributed by atoms with Gasteiger partial charge in [-0.3, -0.25) is 4.79 Å². The molecule has 0 radical (unpaired) electrons. The SMILES string of the molecule is CC(C)CNc1sc(C(=O)NC2CC2)c(N)c1S(C)(=O)=O. The molecule has 1 aromatic heterocycles. The van der Waals surface area contributed by atoms with Gasteiger partial charge in [-0.2, -0.15) is 0 Å². The zero-order valence-corrected chi connectivity index (χ0v) is 14.0. The van der Waals surface area contributed by atoms with Gasteiger partial charge in [-0.25, -0.2) is 8.42 Å². The maximum absolute atomic E-state index is 12.1. The lowest BCUT2D eigenvalue weighted by molar-refractivity contribution is 0.0956. The highest BCUT2D eigenvalue weighted by atomic mass is 32.2. The fourth-order valence-electron chi connectivity index (χ4n) is 1.86. The summed E-state index contributed by atoms with van der Waals surface area (Å²) in [4.78, 5) is 12.5. The Morgan fingerprint density at radius 1 is 1.43 bits per heavy atom. The van der Waals surface area contributed by atoms with Crippen LogP contribution < -0.4 is 16.4 Å². The number of carbonyl (C=O) groups is 1. The molecule has 0 spiro atoms. The number of hydrogen-bond acceptors (Lipinski definition) is 6. The minimum atomic E-state index is -3.49. The number of nitrogen functional groups attached to an aromatic ring is 1. The standard InChI is InChI=1S/C13H21N3O3S2/c1-7(2)6-15-13-11(21(3,18)19)9(14)10(20-13)12(17)16-8-4-5-8/h7-8,15H,4-6,14H2,1-3H3,(H,16,17). The van der Waals surface area contributed by atoms with Crippen molar-refractivity contribution in [3.05, 3.63) is 4.88 Å². The van der Waals surface area contributed by atoms with Crippen LogP contribution in [0.15, 0.2) is 4.90 Å². The number of amides is 1. The van der Waals surface area contributed by atoms with Crippen molar-refractivity contribution in [3.8, 4) is 0 Å². The topological polar surface area (TPSA) is 101 Å². The number of thiophene rings is 1. The van der Waals surface area contributed by atoms with Gasteiger partial charge in [0.25, 0.3) is 5.91 Å². The summed E-state index contributed by atoms with van der Waals surface area (Å²) < 4.78 is 23.9. The highest BCUT2D eigenvalue weighted by Gasteiger charge is 2.30. The van der Waals surface area contributed by atoms with Gasteiger partial charge < -0.3 is 16.4 Å². The molecule has 4 N–H and O–H groups in total. The molecule has 118 valence electrons. The summed E-state index contributed by atoms with van der Waals surface area (Å²) in [6.45, 7) is 4.65. The smallest absolute Gasteiger partial charge is 0.263 e. The second-order valence-corrected chi connectivity index (χ2v) is 8.77. The zero-order chi connectivity index (χ0) is 15.8. The first-order valence-electron chi connectivity index (χ1n) is 6.87. The molecular weight excluding hydrogens is 310 g/mol. The molecule has 1 fully saturated rings. The maximum Gasteiger partial charge on any atom is 0.263 e. The predicted octanol–water partition coefficient (Wildman–Crippen LogP) is 1.69. The van der Waals surface area contributed by atoms with Crippen LogP contribution in [0.1, 0.15) is 36.4 Å². The van der Waals surface area contributed by atoms with E-state index in [4.69, 9.17) is 5.73 Å². The third kappa shape index (κ3) is 3.88. The molecule has 8 heteroatoms. The number of carbonyl (C=O) groups excluding carboxylic acids is 1. The van der Waals surface area contributed by atoms with Crippen molar-refractivity contribution in [2.45, 2.75) is 37.6 Å². The Hall–Kier alpha value is -1.28. The number of rotatable bonds is 6. The molecule has 2 rings (SSSR count). The van der Waals surface area contributed by atoms with Gasteiger partial charge >= 0.3 is 0 Å². The van der Waals surface area contributed by atoms with Gasteiger partial charge in [0.15, 0.2) is 9.84 Å². The molecule has 1 aromatic rings. The number of nitrogens with two attached hydrogens (primary N) is 1. The quantitative estimate of drug-likeness (QED) is 0.736. The van der Waals surface area contributed by atoms with Crippen LogP contribution in [-0.2, 0) is 9.84 Å². The number of anilines is 2. The molecule has 1 aliphatic carbocycles. The Morgan fingerprint density at radius 2 is 2.05 bits per heavy atom. The summed E-state index contributed by atoms with van der Waals surface area (Å²) in [5, 5.41) is 6.37. The van der Waals surface area contributed by atoms with E-state index in [2.05, 4.69) is 10.6 Å². The fourth-order valence-corrected chi connectivity index (χ4v) is 4.34. The molecule has 0 atom stereocenters. The molecule has 0 saturated heterocycles. The first kappa shape index (κ1) is 16.1. The molecule has 21 heavy (non-hydrogen) atoms. The van der Waals surface area contributed by atoms with E-state index in [9.17, 15) is 13.2 Å². The van der Waals surface area contributed by atoms with Gasteiger partial charge in [0, 0.05) is 18.8 Å². The fraction of sp³-hybridized carbons (Fsp3) is 0.615. The summed E-state index contributed by atoms with van der Waals surface area (Å²) in [7, 11) is -3.49. The normalized spacial score (nSPS) is 15.2. The lowest BCUT2D eigenvalue weighted by atomic mass is 10.2. The summed E-state index contributed by atoms with van der Waals surface area (Å²) in [5.41, 5.74) is 5.97. The number of nitrogens with one attached hydrogen (secondary N) is 2. The van der Waals surface area contributed by atoms with E-state index in [1.807, 2.05) is 13.8 Å². The monoisotopic (exact) mass is 331 g/mol. The summed E-state index contributed by atoms with van der Waals surface area (Å²) >= 11 is 1.11. The van der Waals surface area contributed by atoms with Crippen molar-refractivity contribution in [3.63, 3.8) is 0 Å². The van der Waals surface area contributed by atoms with Crippen LogP contribution in [0.5, 0.6) is 0 Å². The average Bonchev–Trinajstić information content (AvgIpc) is 3.07. The molecule has 1 saturated carbocycles. The van der Waals surface area contributed by atoms with E-state index in [0.717, 1.165) is 30.4 Å². The molecule has 0 aliphatic heterocycles. The van der Waals surface area contributed by atoms with Crippen LogP contribution >= 0.6 is 11.3 Å². The van der Waals surface area contributed by atoms with Crippen LogP contribution in [-0.4, -0.2) is 33.2 Å². The van der Waals surface area contributed by atoms with Crippen molar-refractivity contribution in [2.24, 2.45) is 5.92 Å². The van der Waals surface area contributed by atoms with Crippen molar-refractivity contribution in [1.29, 1.82) is 0 Å². The molecule has 1 amide bonds. The Bertz CT molecular complexity index is 646. The minimum Gasteiger partial charge on any atom is -0.396 e. The zero-order valence-electron chi connectivity index (χ0n) is 12.4. The van der Waals surface area contributed by atoms with Crippen molar-refractivity contribution in [2.75, 3.05) is 23.9 Å². The first-order chi connectivity index (χ1) is 9.70. The summed E-state index contributed by atoms with van der Waals surface area (Å²) in [6, 6.07) is 0.202. The number of hydrogen-bond donors (Lipinski definition) is 3. The molecule has 0 unspecified atom stereocenters. The van der Waals surface area contributed by atoms with E-state index < -0.39 is 9.84 Å². The van der Waals surface area contributed by atoms with Crippen molar-refractivity contribution >= 4 is 37.8 Å². The Labute approximate surface area is 129 Å². The Kier molecular flexibility index (Phi) is 4.48. The van der Waals surface area contributed by atoms with Crippen LogP contribution in [0.3, 0.4) is 0 Å². The van der Waals surface area contributed by atoms with Crippen LogP contribution in [0.2, 0.25) is 0 Å². The van der Waals surface area contributed by atoms with E-state index in [1.54, 1.807) is 0 Å². The van der Waals surface area contributed by atoms with Crippen LogP contribution in [0.25, 0.3) is 0 Å². The predicted molar refractivity (Wildman–Crippen MR) is 85.7 cm³/mol. The highest BCUT2D eigenvalue weighted by Crippen LogP contribution is 2.39. The summed E-state index contributed by atoms with van der Waals surface area (Å²) in [6.07, 6.45) is 3.04. The van der Waals surface area contributed by atoms with E-state index in [-0.39, 0.29) is 27.4 Å². The van der Waals surface area contributed by atoms with Crippen molar-refractivity contribution < 1.29 is 13.2 Å². The van der Waals surface area contributed by atoms with Gasteiger partial charge in [0.2, 0.25) is 0 Å². The highest BCUT2D eigenvalue weighted by molar-refractivity contribution is 7.91. The molecule has 0 aromatic carbocycles. The first-order valence-corrected chi connectivity index (χ1v) is 9.58. The third-order valence-electron chi connectivity index (χ3n) is 3.06. The Morgan fingerprint density at radius 3 is 2.52 bits per heavy atom. The van der Waals surface area contributed by atoms with Gasteiger partial charge in [0.05, 0.1) is 5.69 Å². The lowest BCUT2D eigenvalue weighted by Gasteiger charge is -2.08. The molecule has 0 bridgehead atoms. The third-order valence-corrected chi connectivity index (χ3v) is 5.52. The van der Waals surface area contributed by atoms with E-state index in [0.29, 0.717) is 17.5 Å². The second-order valence-electron chi connectivity index (χ2n) is 5.80. The van der Waals surface area contributed by atoms with Gasteiger partial charge in [-0.15, -0.1) is 11.3 Å². The van der Waals surface area contributed by atoms with Gasteiger partial charge in [-0.05, 0) is 18.8 Å². The maximum atomic E-state index is 12.1. The lowest BCUT2D eigenvalue weighted by Crippen LogP contribution is -2.25. The van der Waals surface area contributed by atoms with Gasteiger partial charge in [0.1, 0.15) is 14.8 Å². The van der Waals surface area contributed by atoms with Crippen LogP contribution in [0, 0.1) is 5.92 Å². The Balaban J connectivity index is 2.35. The minimum absolute atomic E-state index is 0.0362. The number of sulfone groups is 1. The van der Waals surface area contributed by atoms with Gasteiger partial charge in [-0.1, -0.05) is 13.8 Å². The molecule has 6 nitrogen and oxygen atoms in total. The molecule has 1 heterocycles. The summed E-state index contributed by atoms with van der Waals surface area (Å²) in [5.74, 6) is 0.0620. The van der Waals surface area contributed by atoms with Crippen LogP contribution in [0.4, 0.5) is 10.7 Å². The van der Waals surface area contributed by atoms with E-state index in [1.165, 1.54) is 0 Å². The largest absolute Gasteiger partial charge is 0.396 e. The average molecular weight is 331 g/mol. The second kappa shape index (κ2) is 5.84.